The summed E-state index contributed by atoms with van der Waals surface area (Å²) in [4.78, 5) is 0. The highest BCUT2D eigenvalue weighted by molar-refractivity contribution is 6.30. The third-order valence-corrected chi connectivity index (χ3v) is 3.43. The van der Waals surface area contributed by atoms with E-state index in [1.807, 2.05) is 25.1 Å². The fourth-order valence-electron chi connectivity index (χ4n) is 1.93. The van der Waals surface area contributed by atoms with Gasteiger partial charge in [0.2, 0.25) is 0 Å². The van der Waals surface area contributed by atoms with E-state index in [0.29, 0.717) is 5.92 Å². The summed E-state index contributed by atoms with van der Waals surface area (Å²) in [7, 11) is 0. The van der Waals surface area contributed by atoms with Crippen LogP contribution in [0.1, 0.15) is 39.2 Å². The monoisotopic (exact) mass is 269 g/mol. The van der Waals surface area contributed by atoms with E-state index in [1.165, 1.54) is 0 Å². The van der Waals surface area contributed by atoms with Crippen molar-refractivity contribution < 1.29 is 4.74 Å². The van der Waals surface area contributed by atoms with Crippen molar-refractivity contribution in [2.75, 3.05) is 6.61 Å². The minimum Gasteiger partial charge on any atom is -0.493 e. The molecule has 1 atom stereocenters. The predicted octanol–water partition coefficient (Wildman–Crippen LogP) is 4.04. The Bertz CT molecular complexity index is 362. The van der Waals surface area contributed by atoms with Gasteiger partial charge in [0.15, 0.2) is 0 Å². The van der Waals surface area contributed by atoms with E-state index in [-0.39, 0.29) is 6.04 Å². The van der Waals surface area contributed by atoms with Crippen LogP contribution in [0.25, 0.3) is 0 Å². The summed E-state index contributed by atoms with van der Waals surface area (Å²) in [6.45, 7) is 7.15. The van der Waals surface area contributed by atoms with Crippen LogP contribution in [0.2, 0.25) is 5.02 Å². The molecule has 1 unspecified atom stereocenters. The number of hydrogen-bond donors (Lipinski definition) is 1. The zero-order valence-electron chi connectivity index (χ0n) is 11.6. The van der Waals surface area contributed by atoms with Gasteiger partial charge >= 0.3 is 0 Å². The van der Waals surface area contributed by atoms with Gasteiger partial charge in [-0.25, -0.2) is 0 Å². The SMILES string of the molecule is CCC(CC)COc1ccc(Cl)cc1CC(C)N. The molecule has 0 aliphatic rings. The molecule has 0 aromatic heterocycles. The van der Waals surface area contributed by atoms with Gasteiger partial charge in [0.25, 0.3) is 0 Å². The summed E-state index contributed by atoms with van der Waals surface area (Å²) < 4.78 is 5.92. The summed E-state index contributed by atoms with van der Waals surface area (Å²) in [5, 5.41) is 0.737. The molecule has 0 fully saturated rings. The van der Waals surface area contributed by atoms with E-state index >= 15 is 0 Å². The Morgan fingerprint density at radius 2 is 1.94 bits per heavy atom. The molecule has 102 valence electrons. The van der Waals surface area contributed by atoms with Crippen LogP contribution in [-0.2, 0) is 6.42 Å². The molecule has 0 saturated carbocycles. The molecule has 0 bridgehead atoms. The molecule has 2 N–H and O–H groups in total. The van der Waals surface area contributed by atoms with E-state index in [2.05, 4.69) is 13.8 Å². The molecule has 1 rings (SSSR count). The average molecular weight is 270 g/mol. The van der Waals surface area contributed by atoms with Gasteiger partial charge in [-0.05, 0) is 43.0 Å². The molecule has 0 amide bonds. The summed E-state index contributed by atoms with van der Waals surface area (Å²) in [5.41, 5.74) is 6.95. The molecule has 1 aromatic rings. The van der Waals surface area contributed by atoms with Crippen molar-refractivity contribution in [3.63, 3.8) is 0 Å². The van der Waals surface area contributed by atoms with Crippen LogP contribution in [0.4, 0.5) is 0 Å². The molecule has 0 saturated heterocycles. The lowest BCUT2D eigenvalue weighted by molar-refractivity contribution is 0.238. The molecule has 2 nitrogen and oxygen atoms in total. The van der Waals surface area contributed by atoms with Crippen LogP contribution in [0, 0.1) is 5.92 Å². The second-order valence-corrected chi connectivity index (χ2v) is 5.36. The highest BCUT2D eigenvalue weighted by Gasteiger charge is 2.10. The first-order valence-corrected chi connectivity index (χ1v) is 7.11. The molecule has 18 heavy (non-hydrogen) atoms. The van der Waals surface area contributed by atoms with Crippen LogP contribution in [0.3, 0.4) is 0 Å². The molecule has 0 aliphatic heterocycles. The molecule has 3 heteroatoms. The van der Waals surface area contributed by atoms with E-state index in [1.54, 1.807) is 0 Å². The summed E-state index contributed by atoms with van der Waals surface area (Å²) >= 11 is 6.02. The normalized spacial score (nSPS) is 12.8. The standard InChI is InChI=1S/C15H24ClNO/c1-4-12(5-2)10-18-15-7-6-14(16)9-13(15)8-11(3)17/h6-7,9,11-12H,4-5,8,10,17H2,1-3H3. The van der Waals surface area contributed by atoms with Gasteiger partial charge < -0.3 is 10.5 Å². The van der Waals surface area contributed by atoms with E-state index in [9.17, 15) is 0 Å². The zero-order valence-corrected chi connectivity index (χ0v) is 12.3. The van der Waals surface area contributed by atoms with Crippen molar-refractivity contribution in [2.45, 2.75) is 46.1 Å². The van der Waals surface area contributed by atoms with Crippen LogP contribution < -0.4 is 10.5 Å². The number of hydrogen-bond acceptors (Lipinski definition) is 2. The van der Waals surface area contributed by atoms with E-state index < -0.39 is 0 Å². The van der Waals surface area contributed by atoms with Gasteiger partial charge in [-0.2, -0.15) is 0 Å². The van der Waals surface area contributed by atoms with Crippen LogP contribution in [-0.4, -0.2) is 12.6 Å². The summed E-state index contributed by atoms with van der Waals surface area (Å²) in [5.74, 6) is 1.53. The first-order chi connectivity index (χ1) is 8.56. The Labute approximate surface area is 115 Å². The Morgan fingerprint density at radius 1 is 1.28 bits per heavy atom. The predicted molar refractivity (Wildman–Crippen MR) is 78.4 cm³/mol. The first-order valence-electron chi connectivity index (χ1n) is 6.73. The lowest BCUT2D eigenvalue weighted by atomic mass is 10.0. The molecule has 0 radical (unpaired) electrons. The fourth-order valence-corrected chi connectivity index (χ4v) is 2.12. The van der Waals surface area contributed by atoms with E-state index in [0.717, 1.165) is 42.2 Å². The van der Waals surface area contributed by atoms with Crippen molar-refractivity contribution in [1.82, 2.24) is 0 Å². The van der Waals surface area contributed by atoms with Crippen LogP contribution >= 0.6 is 11.6 Å². The molecular weight excluding hydrogens is 246 g/mol. The quantitative estimate of drug-likeness (QED) is 0.811. The molecular formula is C15H24ClNO. The van der Waals surface area contributed by atoms with Gasteiger partial charge in [-0.1, -0.05) is 38.3 Å². The smallest absolute Gasteiger partial charge is 0.122 e. The minimum atomic E-state index is 0.110. The topological polar surface area (TPSA) is 35.2 Å². The number of nitrogens with two attached hydrogens (primary N) is 1. The molecule has 1 aromatic carbocycles. The lowest BCUT2D eigenvalue weighted by Crippen LogP contribution is -2.19. The number of halogens is 1. The Morgan fingerprint density at radius 3 is 2.50 bits per heavy atom. The maximum Gasteiger partial charge on any atom is 0.122 e. The van der Waals surface area contributed by atoms with Crippen LogP contribution in [0.5, 0.6) is 5.75 Å². The third kappa shape index (κ3) is 4.87. The van der Waals surface area contributed by atoms with Gasteiger partial charge in [-0.3, -0.25) is 0 Å². The maximum atomic E-state index is 6.02. The van der Waals surface area contributed by atoms with Gasteiger partial charge in [-0.15, -0.1) is 0 Å². The Kier molecular flexibility index (Phi) is 6.51. The lowest BCUT2D eigenvalue weighted by Gasteiger charge is -2.17. The first kappa shape index (κ1) is 15.3. The van der Waals surface area contributed by atoms with Gasteiger partial charge in [0, 0.05) is 11.1 Å². The van der Waals surface area contributed by atoms with E-state index in [4.69, 9.17) is 22.1 Å². The van der Waals surface area contributed by atoms with Crippen molar-refractivity contribution in [1.29, 1.82) is 0 Å². The minimum absolute atomic E-state index is 0.110. The second-order valence-electron chi connectivity index (χ2n) is 4.93. The van der Waals surface area contributed by atoms with Crippen molar-refractivity contribution in [2.24, 2.45) is 11.7 Å². The van der Waals surface area contributed by atoms with Gasteiger partial charge in [0.05, 0.1) is 6.61 Å². The van der Waals surface area contributed by atoms with Crippen molar-refractivity contribution in [3.05, 3.63) is 28.8 Å². The summed E-state index contributed by atoms with van der Waals surface area (Å²) in [6.07, 6.45) is 3.08. The van der Waals surface area contributed by atoms with Crippen molar-refractivity contribution >= 4 is 11.6 Å². The maximum absolute atomic E-state index is 6.02. The number of rotatable bonds is 7. The zero-order chi connectivity index (χ0) is 13.5. The third-order valence-electron chi connectivity index (χ3n) is 3.19. The number of benzene rings is 1. The fraction of sp³-hybridized carbons (Fsp3) is 0.600. The highest BCUT2D eigenvalue weighted by atomic mass is 35.5. The van der Waals surface area contributed by atoms with Gasteiger partial charge in [0.1, 0.15) is 5.75 Å². The largest absolute Gasteiger partial charge is 0.493 e. The Hall–Kier alpha value is -0.730. The molecule has 0 aliphatic carbocycles. The Balaban J connectivity index is 2.74. The van der Waals surface area contributed by atoms with Crippen LogP contribution in [0.15, 0.2) is 18.2 Å². The number of ether oxygens (including phenoxy) is 1. The highest BCUT2D eigenvalue weighted by Crippen LogP contribution is 2.25. The summed E-state index contributed by atoms with van der Waals surface area (Å²) in [6, 6.07) is 5.88. The van der Waals surface area contributed by atoms with Crippen molar-refractivity contribution in [3.8, 4) is 5.75 Å². The second kappa shape index (κ2) is 7.65. The molecule has 0 spiro atoms. The average Bonchev–Trinajstić information content (AvgIpc) is 2.32. The molecule has 0 heterocycles.